The van der Waals surface area contributed by atoms with Gasteiger partial charge in [-0.3, -0.25) is 4.98 Å². The van der Waals surface area contributed by atoms with Gasteiger partial charge in [-0.2, -0.15) is 0 Å². The third kappa shape index (κ3) is 2.95. The van der Waals surface area contributed by atoms with Crippen LogP contribution in [0.5, 0.6) is 5.75 Å². The second-order valence-corrected chi connectivity index (χ2v) is 8.03. The van der Waals surface area contributed by atoms with E-state index in [1.165, 1.54) is 11.1 Å². The Kier molecular flexibility index (Phi) is 3.93. The minimum absolute atomic E-state index is 0.166. The van der Waals surface area contributed by atoms with E-state index in [1.54, 1.807) is 0 Å². The molecule has 0 saturated carbocycles. The lowest BCUT2D eigenvalue weighted by molar-refractivity contribution is 0.0854. The fraction of sp³-hybridized carbons (Fsp3) is 0.250. The third-order valence-corrected chi connectivity index (χ3v) is 5.45. The monoisotopic (exact) mass is 369 g/mol. The molecule has 0 radical (unpaired) electrons. The van der Waals surface area contributed by atoms with Gasteiger partial charge in [-0.15, -0.1) is 0 Å². The smallest absolute Gasteiger partial charge is 0.145 e. The van der Waals surface area contributed by atoms with Crippen molar-refractivity contribution in [3.8, 4) is 17.1 Å². The average molecular weight is 369 g/mol. The summed E-state index contributed by atoms with van der Waals surface area (Å²) < 4.78 is 8.71. The van der Waals surface area contributed by atoms with Crippen LogP contribution in [-0.4, -0.2) is 20.1 Å². The lowest BCUT2D eigenvalue weighted by Gasteiger charge is -2.33. The molecule has 28 heavy (non-hydrogen) atoms. The van der Waals surface area contributed by atoms with Crippen molar-refractivity contribution >= 4 is 11.0 Å². The van der Waals surface area contributed by atoms with Gasteiger partial charge in [0.15, 0.2) is 0 Å². The maximum absolute atomic E-state index is 6.44. The van der Waals surface area contributed by atoms with Crippen LogP contribution >= 0.6 is 0 Å². The van der Waals surface area contributed by atoms with Crippen molar-refractivity contribution in [2.45, 2.75) is 38.8 Å². The molecule has 1 aliphatic rings. The van der Waals surface area contributed by atoms with E-state index < -0.39 is 0 Å². The van der Waals surface area contributed by atoms with Gasteiger partial charge < -0.3 is 9.30 Å². The number of benzene rings is 2. The van der Waals surface area contributed by atoms with E-state index in [0.717, 1.165) is 47.6 Å². The Bertz CT molecular complexity index is 1150. The molecule has 140 valence electrons. The van der Waals surface area contributed by atoms with Gasteiger partial charge in [0.1, 0.15) is 22.7 Å². The summed E-state index contributed by atoms with van der Waals surface area (Å²) in [6, 6.07) is 18.9. The van der Waals surface area contributed by atoms with Crippen molar-refractivity contribution in [1.29, 1.82) is 0 Å². The molecule has 4 aromatic rings. The van der Waals surface area contributed by atoms with Gasteiger partial charge in [-0.05, 0) is 49.9 Å². The molecule has 0 unspecified atom stereocenters. The molecule has 2 aromatic carbocycles. The van der Waals surface area contributed by atoms with E-state index in [1.807, 2.05) is 24.5 Å². The first-order valence-electron chi connectivity index (χ1n) is 9.76. The number of fused-ring (bicyclic) bond motifs is 2. The number of nitrogens with zero attached hydrogens (tertiary/aromatic N) is 3. The molecule has 0 fully saturated rings. The molecule has 0 amide bonds. The van der Waals surface area contributed by atoms with Crippen molar-refractivity contribution < 1.29 is 4.74 Å². The molecule has 0 N–H and O–H groups in total. The van der Waals surface area contributed by atoms with E-state index >= 15 is 0 Å². The Balaban J connectivity index is 1.71. The molecule has 2 aromatic heterocycles. The molecular weight excluding hydrogens is 346 g/mol. The summed E-state index contributed by atoms with van der Waals surface area (Å²) in [5, 5.41) is 0. The maximum atomic E-state index is 6.44. The Morgan fingerprint density at radius 3 is 2.75 bits per heavy atom. The Labute approximate surface area is 164 Å². The number of para-hydroxylation sites is 1. The highest BCUT2D eigenvalue weighted by Gasteiger charge is 2.29. The van der Waals surface area contributed by atoms with Crippen LogP contribution in [0.4, 0.5) is 0 Å². The van der Waals surface area contributed by atoms with Crippen LogP contribution < -0.4 is 4.74 Å². The van der Waals surface area contributed by atoms with Crippen molar-refractivity contribution in [2.24, 2.45) is 0 Å². The Morgan fingerprint density at radius 1 is 1.04 bits per heavy atom. The summed E-state index contributed by atoms with van der Waals surface area (Å²) >= 11 is 0. The molecular formula is C24H23N3O. The van der Waals surface area contributed by atoms with Crippen LogP contribution in [0.3, 0.4) is 0 Å². The van der Waals surface area contributed by atoms with Gasteiger partial charge >= 0.3 is 0 Å². The minimum Gasteiger partial charge on any atom is -0.487 e. The number of imidazole rings is 1. The zero-order valence-corrected chi connectivity index (χ0v) is 16.2. The lowest BCUT2D eigenvalue weighted by atomic mass is 9.92. The van der Waals surface area contributed by atoms with Crippen molar-refractivity contribution in [1.82, 2.24) is 14.5 Å². The van der Waals surface area contributed by atoms with E-state index in [-0.39, 0.29) is 5.60 Å². The van der Waals surface area contributed by atoms with Gasteiger partial charge in [0, 0.05) is 12.7 Å². The first-order valence-corrected chi connectivity index (χ1v) is 9.76. The molecule has 0 atom stereocenters. The molecule has 5 rings (SSSR count). The number of aromatic nitrogens is 3. The largest absolute Gasteiger partial charge is 0.487 e. The van der Waals surface area contributed by atoms with Crippen molar-refractivity contribution in [3.05, 3.63) is 78.1 Å². The first-order chi connectivity index (χ1) is 13.6. The topological polar surface area (TPSA) is 39.9 Å². The molecule has 4 heteroatoms. The van der Waals surface area contributed by atoms with Gasteiger partial charge in [0.2, 0.25) is 0 Å². The highest BCUT2D eigenvalue weighted by Crippen LogP contribution is 2.41. The predicted molar refractivity (Wildman–Crippen MR) is 112 cm³/mol. The quantitative estimate of drug-likeness (QED) is 0.495. The summed E-state index contributed by atoms with van der Waals surface area (Å²) in [5.41, 5.74) is 5.38. The third-order valence-electron chi connectivity index (χ3n) is 5.45. The van der Waals surface area contributed by atoms with Crippen LogP contribution in [0.2, 0.25) is 0 Å². The van der Waals surface area contributed by atoms with Gasteiger partial charge in [0.25, 0.3) is 0 Å². The second-order valence-electron chi connectivity index (χ2n) is 8.03. The Hall–Kier alpha value is -3.14. The maximum Gasteiger partial charge on any atom is 0.145 e. The standard InChI is InChI=1S/C24H23N3O/c1-24(2)13-11-18-9-6-10-19(22(18)28-24)23-26-20-15-25-14-12-21(20)27(23)16-17-7-4-3-5-8-17/h3-10,12,14-15H,11,13,16H2,1-2H3. The molecule has 3 heterocycles. The highest BCUT2D eigenvalue weighted by atomic mass is 16.5. The normalized spacial score (nSPS) is 15.2. The molecule has 0 saturated heterocycles. The first kappa shape index (κ1) is 17.0. The summed E-state index contributed by atoms with van der Waals surface area (Å²) in [6.07, 6.45) is 5.71. The fourth-order valence-corrected chi connectivity index (χ4v) is 3.95. The molecule has 1 aliphatic heterocycles. The number of pyridine rings is 1. The van der Waals surface area contributed by atoms with Crippen molar-refractivity contribution in [2.75, 3.05) is 0 Å². The zero-order chi connectivity index (χ0) is 19.1. The number of aryl methyl sites for hydroxylation is 1. The summed E-state index contributed by atoms with van der Waals surface area (Å²) in [5.74, 6) is 1.90. The Morgan fingerprint density at radius 2 is 1.89 bits per heavy atom. The highest BCUT2D eigenvalue weighted by molar-refractivity contribution is 5.82. The van der Waals surface area contributed by atoms with E-state index in [0.29, 0.717) is 0 Å². The van der Waals surface area contributed by atoms with E-state index in [9.17, 15) is 0 Å². The summed E-state index contributed by atoms with van der Waals surface area (Å²) in [6.45, 7) is 5.07. The van der Waals surface area contributed by atoms with E-state index in [4.69, 9.17) is 9.72 Å². The molecule has 0 aliphatic carbocycles. The summed E-state index contributed by atoms with van der Waals surface area (Å²) in [4.78, 5) is 9.23. The molecule has 0 bridgehead atoms. The van der Waals surface area contributed by atoms with Crippen LogP contribution in [0.25, 0.3) is 22.4 Å². The van der Waals surface area contributed by atoms with Crippen LogP contribution in [0, 0.1) is 0 Å². The number of hydrogen-bond acceptors (Lipinski definition) is 3. The SMILES string of the molecule is CC1(C)CCc2cccc(-c3nc4cnccc4n3Cc3ccccc3)c2O1. The van der Waals surface area contributed by atoms with Crippen LogP contribution in [-0.2, 0) is 13.0 Å². The molecule has 0 spiro atoms. The van der Waals surface area contributed by atoms with Crippen LogP contribution in [0.15, 0.2) is 67.0 Å². The number of ether oxygens (including phenoxy) is 1. The fourth-order valence-electron chi connectivity index (χ4n) is 3.95. The van der Waals surface area contributed by atoms with Crippen LogP contribution in [0.1, 0.15) is 31.4 Å². The second kappa shape index (κ2) is 6.48. The van der Waals surface area contributed by atoms with Gasteiger partial charge in [-0.25, -0.2) is 4.98 Å². The minimum atomic E-state index is -0.166. The van der Waals surface area contributed by atoms with Gasteiger partial charge in [-0.1, -0.05) is 42.5 Å². The van der Waals surface area contributed by atoms with Gasteiger partial charge in [0.05, 0.1) is 17.3 Å². The molecule has 4 nitrogen and oxygen atoms in total. The summed E-state index contributed by atoms with van der Waals surface area (Å²) in [7, 11) is 0. The number of rotatable bonds is 3. The zero-order valence-electron chi connectivity index (χ0n) is 16.2. The lowest BCUT2D eigenvalue weighted by Crippen LogP contribution is -2.32. The predicted octanol–water partition coefficient (Wildman–Crippen LogP) is 5.25. The number of hydrogen-bond donors (Lipinski definition) is 0. The van der Waals surface area contributed by atoms with Crippen molar-refractivity contribution in [3.63, 3.8) is 0 Å². The van der Waals surface area contributed by atoms with E-state index in [2.05, 4.69) is 65.9 Å². The average Bonchev–Trinajstić information content (AvgIpc) is 3.06.